The summed E-state index contributed by atoms with van der Waals surface area (Å²) in [6.45, 7) is 3.60. The van der Waals surface area contributed by atoms with Crippen LogP contribution in [0.15, 0.2) is 33.2 Å². The monoisotopic (exact) mass is 306 g/mol. The van der Waals surface area contributed by atoms with E-state index >= 15 is 0 Å². The van der Waals surface area contributed by atoms with E-state index in [1.54, 1.807) is 19.1 Å². The van der Waals surface area contributed by atoms with Gasteiger partial charge in [0.25, 0.3) is 0 Å². The number of hydrogen-bond donors (Lipinski definition) is 1. The molecular formula is C15H12ClFN2O2. The first-order valence-electron chi connectivity index (χ1n) is 6.26. The minimum Gasteiger partial charge on any atom is -0.466 e. The second-order valence-corrected chi connectivity index (χ2v) is 5.10. The zero-order chi connectivity index (χ0) is 15.1. The van der Waals surface area contributed by atoms with Crippen LogP contribution >= 0.6 is 11.6 Å². The van der Waals surface area contributed by atoms with Crippen LogP contribution in [0, 0.1) is 19.7 Å². The summed E-state index contributed by atoms with van der Waals surface area (Å²) >= 11 is 6.11. The quantitative estimate of drug-likeness (QED) is 0.752. The molecule has 2 N–H and O–H groups in total. The van der Waals surface area contributed by atoms with E-state index < -0.39 is 5.82 Å². The van der Waals surface area contributed by atoms with Gasteiger partial charge < -0.3 is 14.7 Å². The maximum absolute atomic E-state index is 14.2. The molecule has 0 saturated heterocycles. The molecule has 0 unspecified atom stereocenters. The van der Waals surface area contributed by atoms with Gasteiger partial charge in [-0.15, -0.1) is 0 Å². The van der Waals surface area contributed by atoms with Crippen LogP contribution in [-0.2, 0) is 0 Å². The maximum atomic E-state index is 14.2. The molecule has 0 saturated carbocycles. The van der Waals surface area contributed by atoms with Crippen molar-refractivity contribution in [3.8, 4) is 22.5 Å². The smallest absolute Gasteiger partial charge is 0.180 e. The lowest BCUT2D eigenvalue weighted by Gasteiger charge is -2.06. The third-order valence-electron chi connectivity index (χ3n) is 3.22. The minimum atomic E-state index is -0.489. The first-order chi connectivity index (χ1) is 9.99. The molecule has 108 valence electrons. The topological polar surface area (TPSA) is 65.2 Å². The number of furan rings is 1. The number of aryl methyl sites for hydroxylation is 2. The molecule has 0 aliphatic heterocycles. The van der Waals surface area contributed by atoms with Gasteiger partial charge in [-0.25, -0.2) is 4.39 Å². The number of benzene rings is 1. The number of rotatable bonds is 2. The van der Waals surface area contributed by atoms with Crippen LogP contribution in [-0.4, -0.2) is 5.16 Å². The van der Waals surface area contributed by atoms with Gasteiger partial charge in [-0.05, 0) is 32.0 Å². The predicted octanol–water partition coefficient (Wildman–Crippen LogP) is 4.59. The van der Waals surface area contributed by atoms with Crippen molar-refractivity contribution in [1.29, 1.82) is 0 Å². The van der Waals surface area contributed by atoms with Crippen molar-refractivity contribution in [3.05, 3.63) is 46.6 Å². The average Bonchev–Trinajstić information content (AvgIpc) is 2.93. The van der Waals surface area contributed by atoms with Crippen LogP contribution in [0.4, 0.5) is 10.2 Å². The number of halogens is 2. The molecular weight excluding hydrogens is 295 g/mol. The Morgan fingerprint density at radius 2 is 2.00 bits per heavy atom. The minimum absolute atomic E-state index is 0.0789. The molecule has 2 aromatic heterocycles. The molecule has 4 nitrogen and oxygen atoms in total. The zero-order valence-corrected chi connectivity index (χ0v) is 12.2. The van der Waals surface area contributed by atoms with Gasteiger partial charge >= 0.3 is 0 Å². The predicted molar refractivity (Wildman–Crippen MR) is 78.5 cm³/mol. The maximum Gasteiger partial charge on any atom is 0.180 e. The van der Waals surface area contributed by atoms with Gasteiger partial charge in [0.2, 0.25) is 0 Å². The van der Waals surface area contributed by atoms with E-state index in [-0.39, 0.29) is 16.4 Å². The Morgan fingerprint density at radius 3 is 2.62 bits per heavy atom. The fourth-order valence-corrected chi connectivity index (χ4v) is 2.58. The summed E-state index contributed by atoms with van der Waals surface area (Å²) in [6.07, 6.45) is 0. The van der Waals surface area contributed by atoms with Crippen molar-refractivity contribution in [2.24, 2.45) is 0 Å². The Balaban J connectivity index is 2.30. The first-order valence-corrected chi connectivity index (χ1v) is 6.63. The lowest BCUT2D eigenvalue weighted by Crippen LogP contribution is -1.92. The van der Waals surface area contributed by atoms with E-state index in [1.165, 1.54) is 12.1 Å². The van der Waals surface area contributed by atoms with Crippen molar-refractivity contribution in [2.75, 3.05) is 5.73 Å². The van der Waals surface area contributed by atoms with Gasteiger partial charge in [0.05, 0.1) is 16.1 Å². The summed E-state index contributed by atoms with van der Waals surface area (Å²) in [5, 5.41) is 3.98. The van der Waals surface area contributed by atoms with Crippen LogP contribution in [0.1, 0.15) is 11.5 Å². The van der Waals surface area contributed by atoms with Gasteiger partial charge in [-0.3, -0.25) is 0 Å². The second-order valence-electron chi connectivity index (χ2n) is 4.70. The Bertz CT molecular complexity index is 803. The van der Waals surface area contributed by atoms with Crippen molar-refractivity contribution in [2.45, 2.75) is 13.8 Å². The molecule has 2 heterocycles. The molecule has 0 radical (unpaired) electrons. The normalized spacial score (nSPS) is 11.0. The molecule has 0 atom stereocenters. The van der Waals surface area contributed by atoms with Crippen molar-refractivity contribution in [3.63, 3.8) is 0 Å². The largest absolute Gasteiger partial charge is 0.466 e. The molecule has 6 heteroatoms. The molecule has 0 bridgehead atoms. The lowest BCUT2D eigenvalue weighted by atomic mass is 10.0. The van der Waals surface area contributed by atoms with E-state index in [4.69, 9.17) is 26.3 Å². The summed E-state index contributed by atoms with van der Waals surface area (Å²) in [5.74, 6) is 1.28. The highest BCUT2D eigenvalue weighted by atomic mass is 35.5. The number of hydrogen-bond acceptors (Lipinski definition) is 4. The molecule has 0 amide bonds. The summed E-state index contributed by atoms with van der Waals surface area (Å²) in [6, 6.07) is 6.21. The molecule has 3 aromatic rings. The highest BCUT2D eigenvalue weighted by Gasteiger charge is 2.25. The van der Waals surface area contributed by atoms with Crippen LogP contribution in [0.25, 0.3) is 22.5 Å². The molecule has 1 aromatic carbocycles. The average molecular weight is 307 g/mol. The number of nitrogen functional groups attached to an aromatic ring is 1. The van der Waals surface area contributed by atoms with E-state index in [2.05, 4.69) is 5.16 Å². The molecule has 0 aliphatic rings. The standard InChI is InChI=1S/C15H12ClFN2O2/c1-7-6-9(8(2)20-7)14-13(15(18)19-21-14)12-10(16)4-3-5-11(12)17/h3-6H,1-2H3,(H2,18,19). The Kier molecular flexibility index (Phi) is 3.22. The Hall–Kier alpha value is -2.27. The molecule has 0 aliphatic carbocycles. The molecule has 3 rings (SSSR count). The second kappa shape index (κ2) is 4.93. The van der Waals surface area contributed by atoms with Gasteiger partial charge in [0.1, 0.15) is 17.3 Å². The zero-order valence-electron chi connectivity index (χ0n) is 11.4. The van der Waals surface area contributed by atoms with Gasteiger partial charge in [0, 0.05) is 5.56 Å². The van der Waals surface area contributed by atoms with Crippen molar-refractivity contribution in [1.82, 2.24) is 5.16 Å². The SMILES string of the molecule is Cc1cc(-c2onc(N)c2-c2c(F)cccc2Cl)c(C)o1. The molecule has 0 fully saturated rings. The highest BCUT2D eigenvalue weighted by molar-refractivity contribution is 6.33. The molecule has 21 heavy (non-hydrogen) atoms. The van der Waals surface area contributed by atoms with Gasteiger partial charge in [-0.2, -0.15) is 0 Å². The fourth-order valence-electron chi connectivity index (χ4n) is 2.32. The van der Waals surface area contributed by atoms with Crippen molar-refractivity contribution >= 4 is 17.4 Å². The van der Waals surface area contributed by atoms with Crippen LogP contribution < -0.4 is 5.73 Å². The number of nitrogens with two attached hydrogens (primary N) is 1. The number of anilines is 1. The van der Waals surface area contributed by atoms with Gasteiger partial charge in [0.15, 0.2) is 11.6 Å². The summed E-state index contributed by atoms with van der Waals surface area (Å²) in [5.41, 5.74) is 7.02. The Morgan fingerprint density at radius 1 is 1.24 bits per heavy atom. The fraction of sp³-hybridized carbons (Fsp3) is 0.133. The third-order valence-corrected chi connectivity index (χ3v) is 3.53. The van der Waals surface area contributed by atoms with Crippen molar-refractivity contribution < 1.29 is 13.3 Å². The summed E-state index contributed by atoms with van der Waals surface area (Å²) < 4.78 is 24.9. The first kappa shape index (κ1) is 13.7. The van der Waals surface area contributed by atoms with Crippen LogP contribution in [0.5, 0.6) is 0 Å². The van der Waals surface area contributed by atoms with E-state index in [0.29, 0.717) is 28.4 Å². The lowest BCUT2D eigenvalue weighted by molar-refractivity contribution is 0.434. The van der Waals surface area contributed by atoms with Crippen LogP contribution in [0.2, 0.25) is 5.02 Å². The highest BCUT2D eigenvalue weighted by Crippen LogP contribution is 2.42. The van der Waals surface area contributed by atoms with E-state index in [0.717, 1.165) is 0 Å². The van der Waals surface area contributed by atoms with Crippen LogP contribution in [0.3, 0.4) is 0 Å². The summed E-state index contributed by atoms with van der Waals surface area (Å²) in [7, 11) is 0. The molecule has 0 spiro atoms. The Labute approximate surface area is 125 Å². The van der Waals surface area contributed by atoms with E-state index in [1.807, 2.05) is 6.92 Å². The number of aromatic nitrogens is 1. The van der Waals surface area contributed by atoms with Gasteiger partial charge in [-0.1, -0.05) is 22.8 Å². The summed E-state index contributed by atoms with van der Waals surface area (Å²) in [4.78, 5) is 0. The van der Waals surface area contributed by atoms with E-state index in [9.17, 15) is 4.39 Å². The third kappa shape index (κ3) is 2.19. The number of nitrogens with zero attached hydrogens (tertiary/aromatic N) is 1.